The average Bonchev–Trinajstić information content (AvgIpc) is 3.41. The molecule has 3 aromatic rings. The number of aliphatic imine (C=N–C) groups is 1. The number of benzene rings is 2. The number of fused-ring (bicyclic) bond motifs is 2. The van der Waals surface area contributed by atoms with E-state index < -0.39 is 24.0 Å². The highest BCUT2D eigenvalue weighted by Gasteiger charge is 2.31. The van der Waals surface area contributed by atoms with Gasteiger partial charge in [-0.3, -0.25) is 9.59 Å². The van der Waals surface area contributed by atoms with E-state index in [0.717, 1.165) is 5.39 Å². The molecule has 0 saturated carbocycles. The number of carbonyl (C=O) groups excluding carboxylic acids is 2. The van der Waals surface area contributed by atoms with E-state index in [1.54, 1.807) is 34.2 Å². The van der Waals surface area contributed by atoms with Gasteiger partial charge < -0.3 is 35.1 Å². The molecule has 2 aromatic carbocycles. The second kappa shape index (κ2) is 13.1. The lowest BCUT2D eigenvalue weighted by atomic mass is 9.96. The number of nitrogens with zero attached hydrogens (tertiary/aromatic N) is 4. The van der Waals surface area contributed by atoms with E-state index in [1.807, 2.05) is 25.1 Å². The van der Waals surface area contributed by atoms with Gasteiger partial charge in [0.05, 0.1) is 21.7 Å². The molecule has 14 heteroatoms. The first-order valence-corrected chi connectivity index (χ1v) is 14.8. The summed E-state index contributed by atoms with van der Waals surface area (Å²) in [7, 11) is 0. The van der Waals surface area contributed by atoms with Crippen LogP contribution in [0.4, 0.5) is 0 Å². The molecule has 2 amide bonds. The number of para-hydroxylation sites is 1. The smallest absolute Gasteiger partial charge is 0.328 e. The molecular formula is C30H30Cl2N6O6. The number of hydrogen-bond donors (Lipinski definition) is 4. The number of guanidine groups is 1. The minimum atomic E-state index is -1.43. The highest BCUT2D eigenvalue weighted by molar-refractivity contribution is 6.40. The monoisotopic (exact) mass is 640 g/mol. The third-order valence-corrected chi connectivity index (χ3v) is 8.43. The quantitative estimate of drug-likeness (QED) is 0.179. The van der Waals surface area contributed by atoms with Crippen LogP contribution in [0.25, 0.3) is 11.0 Å². The molecule has 230 valence electrons. The predicted molar refractivity (Wildman–Crippen MR) is 162 cm³/mol. The van der Waals surface area contributed by atoms with Crippen LogP contribution in [0.1, 0.15) is 45.4 Å². The summed E-state index contributed by atoms with van der Waals surface area (Å²) < 4.78 is 5.73. The van der Waals surface area contributed by atoms with Crippen molar-refractivity contribution >= 4 is 57.9 Å². The fourth-order valence-corrected chi connectivity index (χ4v) is 6.43. The Balaban J connectivity index is 1.28. The average molecular weight is 642 g/mol. The molecule has 0 radical (unpaired) electrons. The number of furan rings is 1. The Hall–Kier alpha value is -4.31. The highest BCUT2D eigenvalue weighted by atomic mass is 35.5. The zero-order valence-electron chi connectivity index (χ0n) is 23.7. The second-order valence-corrected chi connectivity index (χ2v) is 11.8. The molecule has 3 heterocycles. The first kappa shape index (κ1) is 31.1. The van der Waals surface area contributed by atoms with Gasteiger partial charge in [-0.1, -0.05) is 48.3 Å². The first-order chi connectivity index (χ1) is 21.0. The van der Waals surface area contributed by atoms with Gasteiger partial charge in [-0.25, -0.2) is 4.79 Å². The van der Waals surface area contributed by atoms with Crippen molar-refractivity contribution in [3.63, 3.8) is 0 Å². The third-order valence-electron chi connectivity index (χ3n) is 7.72. The predicted octanol–water partition coefficient (Wildman–Crippen LogP) is 3.25. The molecule has 12 nitrogen and oxygen atoms in total. The zero-order chi connectivity index (χ0) is 31.5. The van der Waals surface area contributed by atoms with Gasteiger partial charge in [0, 0.05) is 38.1 Å². The van der Waals surface area contributed by atoms with Crippen molar-refractivity contribution in [2.75, 3.05) is 26.2 Å². The van der Waals surface area contributed by atoms with E-state index in [-0.39, 0.29) is 58.8 Å². The normalized spacial score (nSPS) is 19.2. The molecule has 5 rings (SSSR count). The molecule has 0 spiro atoms. The molecule has 1 aromatic heterocycles. The van der Waals surface area contributed by atoms with Crippen LogP contribution in [0.3, 0.4) is 0 Å². The van der Waals surface area contributed by atoms with Gasteiger partial charge >= 0.3 is 5.97 Å². The van der Waals surface area contributed by atoms with E-state index in [9.17, 15) is 24.6 Å². The number of nitriles is 1. The summed E-state index contributed by atoms with van der Waals surface area (Å²) in [6, 6.07) is 9.15. The summed E-state index contributed by atoms with van der Waals surface area (Å²) in [6.45, 7) is 2.89. The molecule has 0 unspecified atom stereocenters. The van der Waals surface area contributed by atoms with Crippen LogP contribution in [0.15, 0.2) is 45.8 Å². The number of piperidine rings is 1. The minimum absolute atomic E-state index is 0.00408. The minimum Gasteiger partial charge on any atom is -0.480 e. The fourth-order valence-electron chi connectivity index (χ4n) is 5.66. The van der Waals surface area contributed by atoms with E-state index >= 15 is 0 Å². The lowest BCUT2D eigenvalue weighted by molar-refractivity contribution is -0.139. The maximum Gasteiger partial charge on any atom is 0.328 e. The number of carbonyl (C=O) groups is 3. The Morgan fingerprint density at radius 2 is 1.98 bits per heavy atom. The number of aliphatic hydroxyl groups is 1. The summed E-state index contributed by atoms with van der Waals surface area (Å²) in [5.74, 6) is -1.97. The molecule has 1 fully saturated rings. The largest absolute Gasteiger partial charge is 0.480 e. The SMILES string of the molecule is C[C@H]1C[C@@H](O)CN(/C(=N\C#N)NC[C@H](NC(=O)c2c(Cl)cc3c(c2Cl)CCN(C(=O)c2cc4ccccc4o2)C3)C(=O)O)C1. The summed E-state index contributed by atoms with van der Waals surface area (Å²) in [5, 5.41) is 35.3. The molecule has 2 aliphatic rings. The fraction of sp³-hybridized carbons (Fsp3) is 0.367. The van der Waals surface area contributed by atoms with Gasteiger partial charge in [0.1, 0.15) is 11.6 Å². The van der Waals surface area contributed by atoms with Gasteiger partial charge in [-0.15, -0.1) is 4.99 Å². The van der Waals surface area contributed by atoms with Crippen LogP contribution < -0.4 is 10.6 Å². The molecule has 3 atom stereocenters. The van der Waals surface area contributed by atoms with Crippen molar-refractivity contribution in [1.82, 2.24) is 20.4 Å². The van der Waals surface area contributed by atoms with Gasteiger partial charge in [-0.2, -0.15) is 5.26 Å². The number of aliphatic hydroxyl groups excluding tert-OH is 1. The van der Waals surface area contributed by atoms with Gasteiger partial charge in [0.25, 0.3) is 11.8 Å². The molecule has 2 aliphatic heterocycles. The lowest BCUT2D eigenvalue weighted by Gasteiger charge is -2.36. The van der Waals surface area contributed by atoms with Crippen molar-refractivity contribution in [2.45, 2.75) is 38.5 Å². The van der Waals surface area contributed by atoms with E-state index in [1.165, 1.54) is 0 Å². The van der Waals surface area contributed by atoms with E-state index in [2.05, 4.69) is 15.6 Å². The number of rotatable bonds is 6. The summed E-state index contributed by atoms with van der Waals surface area (Å²) in [4.78, 5) is 45.6. The summed E-state index contributed by atoms with van der Waals surface area (Å²) >= 11 is 13.2. The van der Waals surface area contributed by atoms with Crippen LogP contribution in [0, 0.1) is 17.4 Å². The maximum atomic E-state index is 13.3. The number of likely N-dealkylation sites (tertiary alicyclic amines) is 1. The number of carboxylic acid groups (broad SMARTS) is 1. The number of nitrogens with one attached hydrogen (secondary N) is 2. The maximum absolute atomic E-state index is 13.3. The first-order valence-electron chi connectivity index (χ1n) is 14.0. The Bertz CT molecular complexity index is 1640. The number of aliphatic carboxylic acids is 1. The number of carboxylic acids is 1. The Morgan fingerprint density at radius 3 is 2.68 bits per heavy atom. The summed E-state index contributed by atoms with van der Waals surface area (Å²) in [5.41, 5.74) is 1.84. The highest BCUT2D eigenvalue weighted by Crippen LogP contribution is 2.35. The molecule has 4 N–H and O–H groups in total. The van der Waals surface area contributed by atoms with E-state index in [4.69, 9.17) is 32.9 Å². The van der Waals surface area contributed by atoms with Crippen LogP contribution in [-0.2, 0) is 17.8 Å². The number of halogens is 2. The summed E-state index contributed by atoms with van der Waals surface area (Å²) in [6.07, 6.45) is 2.01. The van der Waals surface area contributed by atoms with Gasteiger partial charge in [0.15, 0.2) is 5.76 Å². The Labute approximate surface area is 262 Å². The van der Waals surface area contributed by atoms with E-state index in [0.29, 0.717) is 42.6 Å². The lowest BCUT2D eigenvalue weighted by Crippen LogP contribution is -2.54. The van der Waals surface area contributed by atoms with Crippen molar-refractivity contribution in [1.29, 1.82) is 5.26 Å². The van der Waals surface area contributed by atoms with Crippen LogP contribution in [0.2, 0.25) is 10.0 Å². The van der Waals surface area contributed by atoms with Crippen molar-refractivity contribution < 1.29 is 29.0 Å². The Kier molecular flexibility index (Phi) is 9.29. The van der Waals surface area contributed by atoms with Crippen molar-refractivity contribution in [3.8, 4) is 6.19 Å². The van der Waals surface area contributed by atoms with Crippen molar-refractivity contribution in [2.24, 2.45) is 10.9 Å². The molecule has 0 aliphatic carbocycles. The standard InChI is InChI=1S/C30H30Cl2N6O6/c1-16-8-19(39)14-38(12-16)30(35-15-33)34-11-22(29(42)43)36-27(40)25-21(31)9-18-13-37(7-6-20(18)26(25)32)28(41)24-10-17-4-2-3-5-23(17)44-24/h2-5,9-10,16,19,22,39H,6-8,11-14H2,1H3,(H,34,35)(H,36,40)(H,42,43)/t16-,19+,22-/m0/s1. The Morgan fingerprint density at radius 1 is 1.20 bits per heavy atom. The van der Waals surface area contributed by atoms with Gasteiger partial charge in [-0.05, 0) is 48.1 Å². The van der Waals surface area contributed by atoms with Crippen LogP contribution >= 0.6 is 23.2 Å². The second-order valence-electron chi connectivity index (χ2n) is 11.0. The number of β-amino-alcohol motifs (C(OH)–C–C–N with tert-alkyl or cyclic N) is 1. The topological polar surface area (TPSA) is 171 Å². The molecular weight excluding hydrogens is 611 g/mol. The molecule has 0 bridgehead atoms. The number of hydrogen-bond acceptors (Lipinski definition) is 7. The van der Waals surface area contributed by atoms with Crippen LogP contribution in [-0.4, -0.2) is 82.1 Å². The van der Waals surface area contributed by atoms with Gasteiger partial charge in [0.2, 0.25) is 12.2 Å². The molecule has 1 saturated heterocycles. The number of amides is 2. The molecule has 44 heavy (non-hydrogen) atoms. The third kappa shape index (κ3) is 6.60. The van der Waals surface area contributed by atoms with Crippen molar-refractivity contribution in [3.05, 3.63) is 68.9 Å². The van der Waals surface area contributed by atoms with Crippen LogP contribution in [0.5, 0.6) is 0 Å². The zero-order valence-corrected chi connectivity index (χ0v) is 25.2.